The van der Waals surface area contributed by atoms with Gasteiger partial charge in [-0.1, -0.05) is 49.6 Å². The van der Waals surface area contributed by atoms with Crippen LogP contribution in [0.15, 0.2) is 96.9 Å². The molecule has 1 heterocycles. The van der Waals surface area contributed by atoms with Gasteiger partial charge in [-0.05, 0) is 48.9 Å². The highest BCUT2D eigenvalue weighted by Gasteiger charge is 2.11. The van der Waals surface area contributed by atoms with Gasteiger partial charge < -0.3 is 5.32 Å². The third-order valence-corrected chi connectivity index (χ3v) is 4.47. The Labute approximate surface area is 182 Å². The van der Waals surface area contributed by atoms with Crippen molar-refractivity contribution >= 4 is 11.6 Å². The van der Waals surface area contributed by atoms with Crippen LogP contribution in [0.1, 0.15) is 34.8 Å². The van der Waals surface area contributed by atoms with Crippen LogP contribution in [0.3, 0.4) is 0 Å². The molecule has 0 radical (unpaired) electrons. The molecule has 1 N–H and O–H groups in total. The lowest BCUT2D eigenvalue weighted by Crippen LogP contribution is -2.29. The summed E-state index contributed by atoms with van der Waals surface area (Å²) in [4.78, 5) is 17.1. The van der Waals surface area contributed by atoms with Crippen LogP contribution < -0.4 is 5.32 Å². The van der Waals surface area contributed by atoms with Crippen LogP contribution in [0.5, 0.6) is 0 Å². The number of carbonyl (C=O) groups is 1. The van der Waals surface area contributed by atoms with E-state index in [1.165, 1.54) is 0 Å². The first-order chi connectivity index (χ1) is 15.2. The zero-order chi connectivity index (χ0) is 21.9. The molecule has 1 amide bonds. The van der Waals surface area contributed by atoms with Crippen molar-refractivity contribution < 1.29 is 4.79 Å². The minimum Gasteiger partial charge on any atom is -0.347 e. The Bertz CT molecular complexity index is 1150. The minimum absolute atomic E-state index is 0.177. The van der Waals surface area contributed by atoms with Crippen molar-refractivity contribution in [1.82, 2.24) is 15.1 Å². The maximum absolute atomic E-state index is 12.7. The standard InChI is InChI=1S/C26H24N4O/c1-3-5-16-27-24(4-2)20-28-26(31)23-14-15-25(30-18-9-17-29-30)22(19-23)13-12-21-10-7-6-8-11-21/h3,5-11,14-19H,1,4,20H2,2H3,(H,28,31)/b16-5-,27-24?. The second-order valence-electron chi connectivity index (χ2n) is 6.61. The van der Waals surface area contributed by atoms with Gasteiger partial charge in [0.05, 0.1) is 17.8 Å². The van der Waals surface area contributed by atoms with E-state index >= 15 is 0 Å². The van der Waals surface area contributed by atoms with Crippen LogP contribution in [0.25, 0.3) is 5.69 Å². The number of aliphatic imine (C=N–C) groups is 1. The maximum atomic E-state index is 12.7. The molecule has 0 aliphatic rings. The van der Waals surface area contributed by atoms with Crippen LogP contribution in [0.2, 0.25) is 0 Å². The molecule has 3 aromatic rings. The Morgan fingerprint density at radius 2 is 2.03 bits per heavy atom. The number of benzene rings is 2. The second kappa shape index (κ2) is 11.1. The lowest BCUT2D eigenvalue weighted by Gasteiger charge is -2.09. The van der Waals surface area contributed by atoms with Gasteiger partial charge in [-0.25, -0.2) is 4.68 Å². The normalized spacial score (nSPS) is 11.1. The van der Waals surface area contributed by atoms with Crippen LogP contribution in [-0.2, 0) is 0 Å². The van der Waals surface area contributed by atoms with E-state index in [0.717, 1.165) is 28.9 Å². The number of allylic oxidation sites excluding steroid dienone is 2. The summed E-state index contributed by atoms with van der Waals surface area (Å²) in [5, 5.41) is 7.23. The zero-order valence-electron chi connectivity index (χ0n) is 17.5. The molecule has 0 atom stereocenters. The predicted octanol–water partition coefficient (Wildman–Crippen LogP) is 4.55. The number of nitrogens with one attached hydrogen (secondary N) is 1. The molecule has 5 heteroatoms. The molecule has 0 fully saturated rings. The first-order valence-corrected chi connectivity index (χ1v) is 10.0. The molecule has 0 aliphatic heterocycles. The molecule has 0 unspecified atom stereocenters. The van der Waals surface area contributed by atoms with Crippen LogP contribution >= 0.6 is 0 Å². The summed E-state index contributed by atoms with van der Waals surface area (Å²) in [6.45, 7) is 6.00. The fourth-order valence-electron chi connectivity index (χ4n) is 2.81. The number of carbonyl (C=O) groups excluding carboxylic acids is 1. The quantitative estimate of drug-likeness (QED) is 0.354. The van der Waals surface area contributed by atoms with Crippen molar-refractivity contribution in [1.29, 1.82) is 0 Å². The van der Waals surface area contributed by atoms with Crippen molar-refractivity contribution in [3.8, 4) is 17.5 Å². The molecule has 31 heavy (non-hydrogen) atoms. The number of hydrogen-bond acceptors (Lipinski definition) is 3. The van der Waals surface area contributed by atoms with E-state index in [9.17, 15) is 4.79 Å². The van der Waals surface area contributed by atoms with E-state index in [1.54, 1.807) is 41.4 Å². The Kier molecular flexibility index (Phi) is 7.73. The molecular weight excluding hydrogens is 384 g/mol. The highest BCUT2D eigenvalue weighted by molar-refractivity contribution is 5.98. The summed E-state index contributed by atoms with van der Waals surface area (Å²) in [6, 6.07) is 17.0. The number of hydrogen-bond donors (Lipinski definition) is 1. The molecule has 5 nitrogen and oxygen atoms in total. The van der Waals surface area contributed by atoms with Crippen molar-refractivity contribution in [3.05, 3.63) is 109 Å². The number of aromatic nitrogens is 2. The topological polar surface area (TPSA) is 59.3 Å². The molecule has 0 spiro atoms. The van der Waals surface area contributed by atoms with Gasteiger partial charge in [0.15, 0.2) is 0 Å². The molecule has 3 rings (SSSR count). The smallest absolute Gasteiger partial charge is 0.251 e. The summed E-state index contributed by atoms with van der Waals surface area (Å²) >= 11 is 0. The van der Waals surface area contributed by atoms with Crippen molar-refractivity contribution in [2.45, 2.75) is 13.3 Å². The lowest BCUT2D eigenvalue weighted by atomic mass is 10.1. The summed E-state index contributed by atoms with van der Waals surface area (Å²) in [7, 11) is 0. The van der Waals surface area contributed by atoms with E-state index in [4.69, 9.17) is 0 Å². The fourth-order valence-corrected chi connectivity index (χ4v) is 2.81. The predicted molar refractivity (Wildman–Crippen MR) is 125 cm³/mol. The van der Waals surface area contributed by atoms with Gasteiger partial charge >= 0.3 is 0 Å². The molecule has 154 valence electrons. The van der Waals surface area contributed by atoms with Crippen molar-refractivity contribution in [2.24, 2.45) is 4.99 Å². The van der Waals surface area contributed by atoms with Crippen molar-refractivity contribution in [3.63, 3.8) is 0 Å². The monoisotopic (exact) mass is 408 g/mol. The summed E-state index contributed by atoms with van der Waals surface area (Å²) in [5.74, 6) is 6.17. The number of rotatable bonds is 7. The summed E-state index contributed by atoms with van der Waals surface area (Å²) in [5.41, 5.74) is 3.85. The minimum atomic E-state index is -0.177. The van der Waals surface area contributed by atoms with E-state index in [2.05, 4.69) is 33.8 Å². The van der Waals surface area contributed by atoms with Crippen LogP contribution in [0, 0.1) is 11.8 Å². The highest BCUT2D eigenvalue weighted by atomic mass is 16.1. The maximum Gasteiger partial charge on any atom is 0.251 e. The number of nitrogens with zero attached hydrogens (tertiary/aromatic N) is 3. The Morgan fingerprint density at radius 1 is 1.19 bits per heavy atom. The molecule has 1 aromatic heterocycles. The lowest BCUT2D eigenvalue weighted by molar-refractivity contribution is 0.0959. The first kappa shape index (κ1) is 21.5. The van der Waals surface area contributed by atoms with Crippen molar-refractivity contribution in [2.75, 3.05) is 6.54 Å². The van der Waals surface area contributed by atoms with Crippen LogP contribution in [-0.4, -0.2) is 27.9 Å². The van der Waals surface area contributed by atoms with Crippen LogP contribution in [0.4, 0.5) is 0 Å². The third-order valence-electron chi connectivity index (χ3n) is 4.47. The average molecular weight is 409 g/mol. The van der Waals surface area contributed by atoms with E-state index < -0.39 is 0 Å². The zero-order valence-corrected chi connectivity index (χ0v) is 17.5. The van der Waals surface area contributed by atoms with Gasteiger partial charge in [-0.15, -0.1) is 0 Å². The van der Waals surface area contributed by atoms with Gasteiger partial charge in [0.25, 0.3) is 5.91 Å². The molecule has 0 aliphatic carbocycles. The fraction of sp³-hybridized carbons (Fsp3) is 0.115. The first-order valence-electron chi connectivity index (χ1n) is 10.0. The summed E-state index contributed by atoms with van der Waals surface area (Å²) in [6.07, 6.45) is 9.39. The van der Waals surface area contributed by atoms with E-state index in [-0.39, 0.29) is 5.91 Å². The van der Waals surface area contributed by atoms with E-state index in [1.807, 2.05) is 55.6 Å². The number of amides is 1. The average Bonchev–Trinajstić information content (AvgIpc) is 3.35. The van der Waals surface area contributed by atoms with Gasteiger partial charge in [0, 0.05) is 35.4 Å². The Hall–Kier alpha value is -4.17. The SMILES string of the molecule is C=C/C=C\N=C(CC)CNC(=O)c1ccc(-n2cccn2)c(C#Cc2ccccc2)c1. The second-order valence-corrected chi connectivity index (χ2v) is 6.61. The van der Waals surface area contributed by atoms with E-state index in [0.29, 0.717) is 12.1 Å². The third kappa shape index (κ3) is 6.15. The molecule has 0 saturated heterocycles. The van der Waals surface area contributed by atoms with Gasteiger partial charge in [0.1, 0.15) is 0 Å². The van der Waals surface area contributed by atoms with Gasteiger partial charge in [-0.3, -0.25) is 9.79 Å². The molecule has 0 saturated carbocycles. The largest absolute Gasteiger partial charge is 0.347 e. The van der Waals surface area contributed by atoms with Gasteiger partial charge in [0.2, 0.25) is 0 Å². The highest BCUT2D eigenvalue weighted by Crippen LogP contribution is 2.16. The Balaban J connectivity index is 1.85. The molecule has 0 bridgehead atoms. The molecule has 2 aromatic carbocycles. The molecular formula is C26H24N4O. The Morgan fingerprint density at radius 3 is 2.74 bits per heavy atom. The summed E-state index contributed by atoms with van der Waals surface area (Å²) < 4.78 is 1.74. The van der Waals surface area contributed by atoms with Gasteiger partial charge in [-0.2, -0.15) is 5.10 Å².